The van der Waals surface area contributed by atoms with E-state index in [1.807, 2.05) is 12.1 Å². The Bertz CT molecular complexity index is 839. The van der Waals surface area contributed by atoms with E-state index in [1.54, 1.807) is 42.8 Å². The van der Waals surface area contributed by atoms with E-state index in [2.05, 4.69) is 32.1 Å². The van der Waals surface area contributed by atoms with Crippen LogP contribution < -0.4 is 15.4 Å². The van der Waals surface area contributed by atoms with E-state index >= 15 is 0 Å². The molecule has 0 aliphatic heterocycles. The third-order valence-electron chi connectivity index (χ3n) is 3.53. The van der Waals surface area contributed by atoms with Crippen molar-refractivity contribution in [1.82, 2.24) is 15.6 Å². The van der Waals surface area contributed by atoms with E-state index in [0.29, 0.717) is 18.2 Å². The number of pyridine rings is 1. The van der Waals surface area contributed by atoms with Crippen LogP contribution in [0.3, 0.4) is 0 Å². The van der Waals surface area contributed by atoms with Gasteiger partial charge in [0.25, 0.3) is 0 Å². The van der Waals surface area contributed by atoms with Gasteiger partial charge in [0.1, 0.15) is 11.6 Å². The van der Waals surface area contributed by atoms with Crippen molar-refractivity contribution >= 4 is 41.3 Å². The number of thiophene rings is 1. The van der Waals surface area contributed by atoms with Crippen molar-refractivity contribution in [2.75, 3.05) is 7.05 Å². The molecule has 2 N–H and O–H groups in total. The molecule has 0 bridgehead atoms. The van der Waals surface area contributed by atoms with E-state index in [-0.39, 0.29) is 29.8 Å². The number of hydrogen-bond acceptors (Lipinski definition) is 4. The average Bonchev–Trinajstić information content (AvgIpc) is 3.18. The summed E-state index contributed by atoms with van der Waals surface area (Å²) in [6.07, 6.45) is 1.73. The van der Waals surface area contributed by atoms with Gasteiger partial charge >= 0.3 is 0 Å². The molecule has 0 unspecified atom stereocenters. The van der Waals surface area contributed by atoms with Gasteiger partial charge in [-0.2, -0.15) is 0 Å². The van der Waals surface area contributed by atoms with E-state index in [1.165, 1.54) is 17.0 Å². The molecule has 0 saturated carbocycles. The zero-order valence-electron chi connectivity index (χ0n) is 14.7. The standard InChI is InChI=1S/C19H19FN4OS.HI/c1-21-19(24-13-17-3-2-10-26-17)23-12-14-4-9-18(22-11-14)25-16-7-5-15(20)6-8-16;/h2-11H,12-13H2,1H3,(H2,21,23,24);1H. The van der Waals surface area contributed by atoms with Gasteiger partial charge in [-0.05, 0) is 41.3 Å². The van der Waals surface area contributed by atoms with Crippen LogP contribution >= 0.6 is 35.3 Å². The summed E-state index contributed by atoms with van der Waals surface area (Å²) in [6, 6.07) is 13.6. The first-order valence-corrected chi connectivity index (χ1v) is 8.96. The first kappa shape index (κ1) is 21.1. The van der Waals surface area contributed by atoms with Crippen molar-refractivity contribution in [1.29, 1.82) is 0 Å². The zero-order valence-corrected chi connectivity index (χ0v) is 17.8. The van der Waals surface area contributed by atoms with Gasteiger partial charge in [0.15, 0.2) is 5.96 Å². The average molecular weight is 498 g/mol. The monoisotopic (exact) mass is 498 g/mol. The second-order valence-corrected chi connectivity index (χ2v) is 6.45. The fourth-order valence-corrected chi connectivity index (χ4v) is 2.83. The van der Waals surface area contributed by atoms with Crippen LogP contribution in [0, 0.1) is 5.82 Å². The van der Waals surface area contributed by atoms with Gasteiger partial charge in [0, 0.05) is 30.7 Å². The molecule has 27 heavy (non-hydrogen) atoms. The molecule has 0 spiro atoms. The number of ether oxygens (including phenoxy) is 1. The number of halogens is 2. The fourth-order valence-electron chi connectivity index (χ4n) is 2.19. The number of rotatable bonds is 6. The normalized spacial score (nSPS) is 10.8. The first-order valence-electron chi connectivity index (χ1n) is 8.08. The molecule has 0 aliphatic carbocycles. The Kier molecular flexibility index (Phi) is 8.46. The molecular weight excluding hydrogens is 478 g/mol. The van der Waals surface area contributed by atoms with Gasteiger partial charge in [0.05, 0.1) is 6.54 Å². The van der Waals surface area contributed by atoms with E-state index in [0.717, 1.165) is 18.1 Å². The maximum absolute atomic E-state index is 12.9. The van der Waals surface area contributed by atoms with Crippen LogP contribution in [0.1, 0.15) is 10.4 Å². The zero-order chi connectivity index (χ0) is 18.2. The molecule has 0 atom stereocenters. The number of guanidine groups is 1. The van der Waals surface area contributed by atoms with Crippen molar-refractivity contribution in [3.05, 3.63) is 76.4 Å². The molecule has 2 aromatic heterocycles. The summed E-state index contributed by atoms with van der Waals surface area (Å²) in [5, 5.41) is 8.56. The molecule has 142 valence electrons. The summed E-state index contributed by atoms with van der Waals surface area (Å²) in [7, 11) is 1.74. The van der Waals surface area contributed by atoms with Gasteiger partial charge < -0.3 is 15.4 Å². The van der Waals surface area contributed by atoms with Crippen LogP contribution in [0.15, 0.2) is 65.1 Å². The minimum atomic E-state index is -0.298. The van der Waals surface area contributed by atoms with Crippen LogP contribution in [-0.2, 0) is 13.1 Å². The molecule has 1 aromatic carbocycles. The van der Waals surface area contributed by atoms with Crippen LogP contribution in [0.2, 0.25) is 0 Å². The summed E-state index contributed by atoms with van der Waals surface area (Å²) in [4.78, 5) is 9.73. The predicted molar refractivity (Wildman–Crippen MR) is 117 cm³/mol. The highest BCUT2D eigenvalue weighted by Crippen LogP contribution is 2.19. The molecule has 0 fully saturated rings. The molecule has 0 amide bonds. The Morgan fingerprint density at radius 2 is 1.89 bits per heavy atom. The van der Waals surface area contributed by atoms with Gasteiger partial charge in [0.2, 0.25) is 5.88 Å². The van der Waals surface area contributed by atoms with Crippen LogP contribution in [-0.4, -0.2) is 18.0 Å². The van der Waals surface area contributed by atoms with Crippen molar-refractivity contribution in [3.63, 3.8) is 0 Å². The Labute approximate surface area is 178 Å². The molecule has 5 nitrogen and oxygen atoms in total. The lowest BCUT2D eigenvalue weighted by molar-refractivity contribution is 0.461. The van der Waals surface area contributed by atoms with Crippen LogP contribution in [0.5, 0.6) is 11.6 Å². The lowest BCUT2D eigenvalue weighted by Crippen LogP contribution is -2.36. The minimum absolute atomic E-state index is 0. The molecule has 0 saturated heterocycles. The number of aromatic nitrogens is 1. The Morgan fingerprint density at radius 3 is 2.52 bits per heavy atom. The maximum atomic E-state index is 12.9. The van der Waals surface area contributed by atoms with Crippen molar-refractivity contribution in [2.24, 2.45) is 4.99 Å². The highest BCUT2D eigenvalue weighted by Gasteiger charge is 2.02. The van der Waals surface area contributed by atoms with Gasteiger partial charge in [-0.15, -0.1) is 35.3 Å². The topological polar surface area (TPSA) is 58.5 Å². The highest BCUT2D eigenvalue weighted by molar-refractivity contribution is 14.0. The maximum Gasteiger partial charge on any atom is 0.219 e. The number of benzene rings is 1. The number of nitrogens with one attached hydrogen (secondary N) is 2. The van der Waals surface area contributed by atoms with E-state index < -0.39 is 0 Å². The Balaban J connectivity index is 0.00000261. The summed E-state index contributed by atoms with van der Waals surface area (Å²) in [5.74, 6) is 1.43. The van der Waals surface area contributed by atoms with Crippen LogP contribution in [0.4, 0.5) is 4.39 Å². The van der Waals surface area contributed by atoms with Gasteiger partial charge in [-0.25, -0.2) is 9.37 Å². The van der Waals surface area contributed by atoms with E-state index in [9.17, 15) is 4.39 Å². The molecule has 8 heteroatoms. The summed E-state index contributed by atoms with van der Waals surface area (Å²) >= 11 is 1.70. The predicted octanol–water partition coefficient (Wildman–Crippen LogP) is 4.56. The third kappa shape index (κ3) is 6.79. The summed E-state index contributed by atoms with van der Waals surface area (Å²) in [6.45, 7) is 1.33. The fraction of sp³-hybridized carbons (Fsp3) is 0.158. The molecule has 0 radical (unpaired) electrons. The Hall–Kier alpha value is -2.20. The number of nitrogens with zero attached hydrogens (tertiary/aromatic N) is 2. The Morgan fingerprint density at radius 1 is 1.11 bits per heavy atom. The summed E-state index contributed by atoms with van der Waals surface area (Å²) < 4.78 is 18.5. The highest BCUT2D eigenvalue weighted by atomic mass is 127. The summed E-state index contributed by atoms with van der Waals surface area (Å²) in [5.41, 5.74) is 0.996. The van der Waals surface area contributed by atoms with Crippen molar-refractivity contribution < 1.29 is 9.13 Å². The van der Waals surface area contributed by atoms with Crippen molar-refractivity contribution in [3.8, 4) is 11.6 Å². The van der Waals surface area contributed by atoms with Gasteiger partial charge in [-0.1, -0.05) is 12.1 Å². The number of aliphatic imine (C=N–C) groups is 1. The number of hydrogen-bond donors (Lipinski definition) is 2. The molecule has 3 aromatic rings. The first-order chi connectivity index (χ1) is 12.7. The lowest BCUT2D eigenvalue weighted by Gasteiger charge is -2.11. The molecular formula is C19H20FIN4OS. The minimum Gasteiger partial charge on any atom is -0.439 e. The largest absolute Gasteiger partial charge is 0.439 e. The van der Waals surface area contributed by atoms with Crippen molar-refractivity contribution in [2.45, 2.75) is 13.1 Å². The second kappa shape index (κ2) is 10.8. The molecule has 3 rings (SSSR count). The smallest absolute Gasteiger partial charge is 0.219 e. The van der Waals surface area contributed by atoms with Crippen LogP contribution in [0.25, 0.3) is 0 Å². The lowest BCUT2D eigenvalue weighted by atomic mass is 10.3. The quantitative estimate of drug-likeness (QED) is 0.297. The van der Waals surface area contributed by atoms with E-state index in [4.69, 9.17) is 4.74 Å². The SMILES string of the molecule is CN=C(NCc1ccc(Oc2ccc(F)cc2)nc1)NCc1cccs1.I. The second-order valence-electron chi connectivity index (χ2n) is 5.42. The molecule has 2 heterocycles. The molecule has 0 aliphatic rings. The van der Waals surface area contributed by atoms with Gasteiger partial charge in [-0.3, -0.25) is 4.99 Å². The third-order valence-corrected chi connectivity index (χ3v) is 4.40.